The summed E-state index contributed by atoms with van der Waals surface area (Å²) in [4.78, 5) is 23.4. The van der Waals surface area contributed by atoms with Crippen molar-refractivity contribution >= 4 is 11.9 Å². The van der Waals surface area contributed by atoms with Crippen LogP contribution in [0.5, 0.6) is 0 Å². The first-order valence-electron chi connectivity index (χ1n) is 7.24. The number of carbonyl (C=O) groups excluding carboxylic acids is 2. The summed E-state index contributed by atoms with van der Waals surface area (Å²) in [5, 5.41) is 3.36. The molecule has 19 heavy (non-hydrogen) atoms. The Labute approximate surface area is 115 Å². The first-order valence-corrected chi connectivity index (χ1v) is 7.24. The Morgan fingerprint density at radius 3 is 2.53 bits per heavy atom. The molecule has 1 aliphatic heterocycles. The van der Waals surface area contributed by atoms with Gasteiger partial charge in [-0.15, -0.1) is 0 Å². The van der Waals surface area contributed by atoms with Crippen LogP contribution in [0.15, 0.2) is 0 Å². The Bertz CT molecular complexity index is 287. The molecule has 1 N–H and O–H groups in total. The fraction of sp³-hybridized carbons (Fsp3) is 0.857. The van der Waals surface area contributed by atoms with Gasteiger partial charge >= 0.3 is 11.9 Å². The molecule has 0 aromatic rings. The molecule has 1 saturated heterocycles. The van der Waals surface area contributed by atoms with Gasteiger partial charge in [-0.3, -0.25) is 9.59 Å². The summed E-state index contributed by atoms with van der Waals surface area (Å²) in [6.07, 6.45) is 3.99. The predicted molar refractivity (Wildman–Crippen MR) is 71.6 cm³/mol. The minimum atomic E-state index is -0.246. The van der Waals surface area contributed by atoms with Crippen molar-refractivity contribution in [3.05, 3.63) is 0 Å². The van der Waals surface area contributed by atoms with Gasteiger partial charge in [-0.2, -0.15) is 0 Å². The highest BCUT2D eigenvalue weighted by molar-refractivity contribution is 5.75. The van der Waals surface area contributed by atoms with E-state index in [2.05, 4.69) is 5.32 Å². The molecule has 110 valence electrons. The average molecular weight is 271 g/mol. The standard InChI is InChI=1S/C14H25NO4/c1-3-18-13(16)9-8-11(14(17)19-4-2)12-7-5-6-10-15-12/h11-12,15H,3-10H2,1-2H3. The zero-order valence-electron chi connectivity index (χ0n) is 11.9. The molecule has 1 heterocycles. The van der Waals surface area contributed by atoms with Crippen molar-refractivity contribution in [3.63, 3.8) is 0 Å². The lowest BCUT2D eigenvalue weighted by Crippen LogP contribution is -2.44. The van der Waals surface area contributed by atoms with Crippen LogP contribution < -0.4 is 5.32 Å². The average Bonchev–Trinajstić information content (AvgIpc) is 2.41. The Morgan fingerprint density at radius 1 is 1.21 bits per heavy atom. The Balaban J connectivity index is 2.52. The summed E-state index contributed by atoms with van der Waals surface area (Å²) in [5.41, 5.74) is 0. The smallest absolute Gasteiger partial charge is 0.310 e. The second-order valence-corrected chi connectivity index (χ2v) is 4.76. The lowest BCUT2D eigenvalue weighted by atomic mass is 9.88. The van der Waals surface area contributed by atoms with Crippen molar-refractivity contribution in [2.45, 2.75) is 52.0 Å². The summed E-state index contributed by atoms with van der Waals surface area (Å²) >= 11 is 0. The van der Waals surface area contributed by atoms with E-state index in [1.165, 1.54) is 0 Å². The summed E-state index contributed by atoms with van der Waals surface area (Å²) in [5.74, 6) is -0.691. The van der Waals surface area contributed by atoms with Crippen LogP contribution in [0.1, 0.15) is 46.0 Å². The third-order valence-corrected chi connectivity index (χ3v) is 3.39. The number of hydrogen-bond donors (Lipinski definition) is 1. The van der Waals surface area contributed by atoms with Crippen molar-refractivity contribution in [2.75, 3.05) is 19.8 Å². The van der Waals surface area contributed by atoms with E-state index >= 15 is 0 Å². The lowest BCUT2D eigenvalue weighted by molar-refractivity contribution is -0.150. The number of hydrogen-bond acceptors (Lipinski definition) is 5. The van der Waals surface area contributed by atoms with Gasteiger partial charge in [0.1, 0.15) is 0 Å². The van der Waals surface area contributed by atoms with Gasteiger partial charge in [0, 0.05) is 12.5 Å². The lowest BCUT2D eigenvalue weighted by Gasteiger charge is -2.29. The van der Waals surface area contributed by atoms with Crippen molar-refractivity contribution in [1.82, 2.24) is 5.32 Å². The molecule has 5 heteroatoms. The van der Waals surface area contributed by atoms with Crippen molar-refractivity contribution in [2.24, 2.45) is 5.92 Å². The zero-order valence-corrected chi connectivity index (χ0v) is 11.9. The largest absolute Gasteiger partial charge is 0.466 e. The fourth-order valence-corrected chi connectivity index (χ4v) is 2.46. The maximum absolute atomic E-state index is 12.0. The van der Waals surface area contributed by atoms with Crippen LogP contribution in [0.2, 0.25) is 0 Å². The van der Waals surface area contributed by atoms with Crippen LogP contribution in [-0.2, 0) is 19.1 Å². The maximum atomic E-state index is 12.0. The van der Waals surface area contributed by atoms with Crippen molar-refractivity contribution < 1.29 is 19.1 Å². The number of carbonyl (C=O) groups is 2. The molecular weight excluding hydrogens is 246 g/mol. The number of rotatable bonds is 7. The molecule has 0 spiro atoms. The Morgan fingerprint density at radius 2 is 1.95 bits per heavy atom. The van der Waals surface area contributed by atoms with E-state index in [1.54, 1.807) is 13.8 Å². The molecule has 0 bridgehead atoms. The molecule has 0 amide bonds. The van der Waals surface area contributed by atoms with Crippen LogP contribution in [-0.4, -0.2) is 37.7 Å². The van der Waals surface area contributed by atoms with Gasteiger partial charge in [0.25, 0.3) is 0 Å². The highest BCUT2D eigenvalue weighted by Gasteiger charge is 2.30. The van der Waals surface area contributed by atoms with E-state index in [9.17, 15) is 9.59 Å². The molecule has 2 atom stereocenters. The number of piperidine rings is 1. The summed E-state index contributed by atoms with van der Waals surface area (Å²) in [6.45, 7) is 5.27. The predicted octanol–water partition coefficient (Wildman–Crippen LogP) is 1.65. The third kappa shape index (κ3) is 5.59. The number of ether oxygens (including phenoxy) is 2. The van der Waals surface area contributed by atoms with Gasteiger partial charge in [-0.05, 0) is 39.7 Å². The van der Waals surface area contributed by atoms with Gasteiger partial charge in [0.05, 0.1) is 19.1 Å². The molecule has 1 rings (SSSR count). The van der Waals surface area contributed by atoms with Crippen LogP contribution >= 0.6 is 0 Å². The van der Waals surface area contributed by atoms with Crippen molar-refractivity contribution in [1.29, 1.82) is 0 Å². The molecule has 1 aliphatic rings. The number of nitrogens with one attached hydrogen (secondary N) is 1. The molecule has 0 aromatic heterocycles. The normalized spacial score (nSPS) is 20.6. The first-order chi connectivity index (χ1) is 9.19. The topological polar surface area (TPSA) is 64.6 Å². The summed E-state index contributed by atoms with van der Waals surface area (Å²) < 4.78 is 10.0. The molecule has 1 fully saturated rings. The van der Waals surface area contributed by atoms with Crippen molar-refractivity contribution in [3.8, 4) is 0 Å². The van der Waals surface area contributed by atoms with E-state index in [4.69, 9.17) is 9.47 Å². The second kappa shape index (κ2) is 8.91. The molecule has 0 radical (unpaired) electrons. The van der Waals surface area contributed by atoms with E-state index in [-0.39, 0.29) is 30.3 Å². The third-order valence-electron chi connectivity index (χ3n) is 3.39. The van der Waals surface area contributed by atoms with Gasteiger partial charge in [0.2, 0.25) is 0 Å². The van der Waals surface area contributed by atoms with E-state index in [0.29, 0.717) is 19.6 Å². The highest BCUT2D eigenvalue weighted by atomic mass is 16.5. The van der Waals surface area contributed by atoms with E-state index in [0.717, 1.165) is 25.8 Å². The molecule has 2 unspecified atom stereocenters. The SMILES string of the molecule is CCOC(=O)CCC(C(=O)OCC)C1CCCCN1. The van der Waals surface area contributed by atoms with Crippen LogP contribution in [0.4, 0.5) is 0 Å². The quantitative estimate of drug-likeness (QED) is 0.713. The summed E-state index contributed by atoms with van der Waals surface area (Å²) in [6, 6.07) is 0.127. The monoisotopic (exact) mass is 271 g/mol. The molecule has 0 saturated carbocycles. The molecular formula is C14H25NO4. The molecule has 0 aliphatic carbocycles. The Kier molecular flexibility index (Phi) is 7.48. The minimum absolute atomic E-state index is 0.127. The zero-order chi connectivity index (χ0) is 14.1. The summed E-state index contributed by atoms with van der Waals surface area (Å²) in [7, 11) is 0. The highest BCUT2D eigenvalue weighted by Crippen LogP contribution is 2.21. The van der Waals surface area contributed by atoms with Gasteiger partial charge < -0.3 is 14.8 Å². The Hall–Kier alpha value is -1.10. The van der Waals surface area contributed by atoms with Crippen LogP contribution in [0.25, 0.3) is 0 Å². The number of esters is 2. The second-order valence-electron chi connectivity index (χ2n) is 4.76. The minimum Gasteiger partial charge on any atom is -0.466 e. The van der Waals surface area contributed by atoms with E-state index in [1.807, 2.05) is 0 Å². The van der Waals surface area contributed by atoms with E-state index < -0.39 is 0 Å². The van der Waals surface area contributed by atoms with Gasteiger partial charge in [-0.25, -0.2) is 0 Å². The van der Waals surface area contributed by atoms with Gasteiger partial charge in [-0.1, -0.05) is 6.42 Å². The maximum Gasteiger partial charge on any atom is 0.310 e. The molecule has 0 aromatic carbocycles. The van der Waals surface area contributed by atoms with Crippen LogP contribution in [0, 0.1) is 5.92 Å². The first kappa shape index (κ1) is 16.0. The molecule has 5 nitrogen and oxygen atoms in total. The fourth-order valence-electron chi connectivity index (χ4n) is 2.46. The van der Waals surface area contributed by atoms with Crippen LogP contribution in [0.3, 0.4) is 0 Å². The van der Waals surface area contributed by atoms with Gasteiger partial charge in [0.15, 0.2) is 0 Å².